The fourth-order valence-corrected chi connectivity index (χ4v) is 7.86. The molecule has 23 nitrogen and oxygen atoms in total. The molecule has 0 fully saturated rings. The number of ketones is 1. The number of nitrogens with two attached hydrogens (primary N) is 2. The molecule has 23 heteroatoms. The Labute approximate surface area is 470 Å². The summed E-state index contributed by atoms with van der Waals surface area (Å²) in [5.74, 6) is -5.46. The van der Waals surface area contributed by atoms with Crippen molar-refractivity contribution in [3.05, 3.63) is 84.4 Å². The molecule has 0 saturated heterocycles. The van der Waals surface area contributed by atoms with Gasteiger partial charge in [0.25, 0.3) is 5.91 Å². The van der Waals surface area contributed by atoms with Crippen molar-refractivity contribution in [2.75, 3.05) is 19.8 Å². The zero-order chi connectivity index (χ0) is 60.4. The third kappa shape index (κ3) is 30.3. The average Bonchev–Trinajstić information content (AvgIpc) is 3.38. The lowest BCUT2D eigenvalue weighted by atomic mass is 9.86. The van der Waals surface area contributed by atoms with Crippen molar-refractivity contribution >= 4 is 53.4 Å². The molecule has 0 saturated carbocycles. The number of alkyl carbamates (subject to hydrolysis) is 1. The maximum atomic E-state index is 12.7. The molecule has 2 aliphatic heterocycles. The first kappa shape index (κ1) is 70.9. The van der Waals surface area contributed by atoms with Gasteiger partial charge in [-0.1, -0.05) is 81.5 Å². The van der Waals surface area contributed by atoms with E-state index in [1.807, 2.05) is 0 Å². The number of nitrogens with one attached hydrogen (secondary N) is 3. The number of hydrogen-bond donors (Lipinski definition) is 9. The number of carboxylic acid groups (broad SMARTS) is 1. The topological polar surface area (TPSA) is 359 Å². The third-order valence-corrected chi connectivity index (χ3v) is 11.8. The van der Waals surface area contributed by atoms with E-state index in [0.29, 0.717) is 19.3 Å². The number of carboxylic acids is 1. The van der Waals surface area contributed by atoms with Crippen molar-refractivity contribution < 1.29 is 77.7 Å². The number of Topliss-reactive ketones (excluding diaryl/α,β-unsaturated/α-hetero) is 1. The van der Waals surface area contributed by atoms with Crippen LogP contribution >= 0.6 is 0 Å². The summed E-state index contributed by atoms with van der Waals surface area (Å²) in [7, 11) is 0. The van der Waals surface area contributed by atoms with Crippen molar-refractivity contribution in [3.63, 3.8) is 0 Å². The van der Waals surface area contributed by atoms with Gasteiger partial charge < -0.3 is 66.2 Å². The van der Waals surface area contributed by atoms with Gasteiger partial charge in [-0.25, -0.2) is 14.6 Å². The lowest BCUT2D eigenvalue weighted by Crippen LogP contribution is -2.57. The van der Waals surface area contributed by atoms with Gasteiger partial charge in [0, 0.05) is 52.0 Å². The number of esters is 2. The molecule has 2 rings (SSSR count). The highest BCUT2D eigenvalue weighted by Crippen LogP contribution is 2.31. The predicted molar refractivity (Wildman–Crippen MR) is 302 cm³/mol. The highest BCUT2D eigenvalue weighted by Gasteiger charge is 2.44. The average molecular weight is 1130 g/mol. The number of unbranched alkanes of at least 4 members (excludes halogenated alkanes) is 1. The fraction of sp³-hybridized carbons (Fsp3) is 0.596. The number of allylic oxidation sites excluding steroid dienone is 10. The van der Waals surface area contributed by atoms with E-state index < -0.39 is 114 Å². The van der Waals surface area contributed by atoms with E-state index in [0.717, 1.165) is 44.9 Å². The quantitative estimate of drug-likeness (QED) is 0.0115. The third-order valence-electron chi connectivity index (χ3n) is 11.8. The highest BCUT2D eigenvalue weighted by molar-refractivity contribution is 5.94. The van der Waals surface area contributed by atoms with Crippen LogP contribution in [0.25, 0.3) is 0 Å². The van der Waals surface area contributed by atoms with E-state index in [4.69, 9.17) is 35.2 Å². The second-order valence-electron chi connectivity index (χ2n) is 20.0. The van der Waals surface area contributed by atoms with Crippen molar-refractivity contribution in [1.82, 2.24) is 16.0 Å². The molecule has 3 amide bonds. The zero-order valence-electron chi connectivity index (χ0n) is 48.1. The number of aliphatic hydroxyl groups excluding tert-OH is 3. The van der Waals surface area contributed by atoms with Gasteiger partial charge in [-0.2, -0.15) is 0 Å². The van der Waals surface area contributed by atoms with Crippen molar-refractivity contribution in [3.8, 4) is 0 Å². The first-order chi connectivity index (χ1) is 37.7. The standard InChI is InChI=1S/C34H54N4O6.C23H35N3O10/c1-3-4-5-6-7-8-9-10-11-12-13-14-15-16-17-18-19-21-27(40)22-20-23-37-33(43)30-24-28(38-34(35)36)26(2)32(44-30)31(42)29(41)25-39;1-11(18(34-15(5)29)10-33-14(4)28)20-19(26-13(3)27)16(9-17(35-20)21(30)31)24-12(2)25-22(32)36-23(6,7)8/h4-5,7-8,10-11,13-14,16-17,24,26,28-29,31-32,39,41-42H,3,6,9,12,15,18-23,25H2,1-2H3,(H,37,43)(H4,35,36,38);9,11,16,18-20H,10H2,1-8H3,(H,26,27)(H,30,31)(H,24,25,32)/b5-4-,8-7-,11-10-,14-13-,17-16-;/t26-,28-,29-,31-,32?;11-,16+,18-,19-,20+/m11/s1. The second kappa shape index (κ2) is 38.5. The Hall–Kier alpha value is -7.11. The Morgan fingerprint density at radius 2 is 1.32 bits per heavy atom. The summed E-state index contributed by atoms with van der Waals surface area (Å²) >= 11 is 0. The number of aliphatic carboxylic acids is 1. The second-order valence-corrected chi connectivity index (χ2v) is 20.0. The molecule has 11 N–H and O–H groups in total. The summed E-state index contributed by atoms with van der Waals surface area (Å²) in [4.78, 5) is 92.4. The molecule has 2 aliphatic rings. The van der Waals surface area contributed by atoms with Crippen LogP contribution in [0.3, 0.4) is 0 Å². The van der Waals surface area contributed by atoms with Crippen LogP contribution in [0.4, 0.5) is 4.79 Å². The normalized spacial score (nSPS) is 20.9. The molecular weight excluding hydrogens is 1040 g/mol. The van der Waals surface area contributed by atoms with Crippen LogP contribution in [0.15, 0.2) is 94.4 Å². The van der Waals surface area contributed by atoms with E-state index >= 15 is 0 Å². The maximum absolute atomic E-state index is 12.7. The number of ether oxygens (including phenoxy) is 5. The number of rotatable bonds is 30. The molecule has 0 spiro atoms. The van der Waals surface area contributed by atoms with E-state index in [1.165, 1.54) is 39.8 Å². The molecule has 1 unspecified atom stereocenters. The minimum absolute atomic E-state index is 0.0929. The number of carbonyl (C=O) groups excluding carboxylic acids is 6. The van der Waals surface area contributed by atoms with Crippen molar-refractivity contribution in [2.45, 2.75) is 188 Å². The fourth-order valence-electron chi connectivity index (χ4n) is 7.86. The predicted octanol–water partition coefficient (Wildman–Crippen LogP) is 4.95. The molecule has 0 aromatic carbocycles. The van der Waals surface area contributed by atoms with E-state index in [9.17, 15) is 54.0 Å². The van der Waals surface area contributed by atoms with Gasteiger partial charge in [0.15, 0.2) is 11.7 Å². The van der Waals surface area contributed by atoms with Crippen LogP contribution in [0.5, 0.6) is 0 Å². The van der Waals surface area contributed by atoms with Gasteiger partial charge >= 0.3 is 24.0 Å². The van der Waals surface area contributed by atoms with Crippen LogP contribution in [0, 0.1) is 11.8 Å². The SMILES string of the molecule is CC(=O)N[C@H]1[C@H]([C@H](C)[C@@H](COC(C)=O)OC(C)=O)OC(C(=O)O)=C[C@@H]1N=C(C)NC(=O)OC(C)(C)C.CC/C=C\C/C=C\C/C=C\C/C=C\C/C=C\CCCC(=O)CCCNC(=O)C1=C[C@@H](N=C(N)N)[C@@H](C)C([C@H](O)[C@H](O)CO)O1. The molecule has 2 heterocycles. The van der Waals surface area contributed by atoms with Gasteiger partial charge in [-0.3, -0.25) is 34.3 Å². The Balaban J connectivity index is 0.000000816. The lowest BCUT2D eigenvalue weighted by Gasteiger charge is -2.40. The van der Waals surface area contributed by atoms with Crippen LogP contribution in [0.2, 0.25) is 0 Å². The number of amides is 3. The Bertz CT molecular complexity index is 2280. The molecule has 0 aromatic heterocycles. The van der Waals surface area contributed by atoms with E-state index in [-0.39, 0.29) is 36.5 Å². The number of guanidine groups is 1. The molecule has 80 heavy (non-hydrogen) atoms. The van der Waals surface area contributed by atoms with Crippen LogP contribution in [-0.4, -0.2) is 148 Å². The van der Waals surface area contributed by atoms with Crippen LogP contribution < -0.4 is 27.4 Å². The van der Waals surface area contributed by atoms with Gasteiger partial charge in [0.2, 0.25) is 11.7 Å². The zero-order valence-corrected chi connectivity index (χ0v) is 48.1. The number of carbonyl (C=O) groups is 7. The van der Waals surface area contributed by atoms with E-state index in [2.05, 4.69) is 93.6 Å². The Morgan fingerprint density at radius 1 is 0.775 bits per heavy atom. The van der Waals surface area contributed by atoms with Crippen LogP contribution in [0.1, 0.15) is 133 Å². The largest absolute Gasteiger partial charge is 0.482 e. The lowest BCUT2D eigenvalue weighted by molar-refractivity contribution is -0.164. The molecule has 0 aliphatic carbocycles. The Kier molecular flexibility index (Phi) is 34.1. The highest BCUT2D eigenvalue weighted by atomic mass is 16.6. The maximum Gasteiger partial charge on any atom is 0.413 e. The number of nitrogens with zero attached hydrogens (tertiary/aromatic N) is 2. The Morgan fingerprint density at radius 3 is 1.84 bits per heavy atom. The summed E-state index contributed by atoms with van der Waals surface area (Å²) in [6.07, 6.45) is 25.2. The minimum atomic E-state index is -1.46. The first-order valence-corrected chi connectivity index (χ1v) is 26.9. The summed E-state index contributed by atoms with van der Waals surface area (Å²) in [6.45, 7) is 14.8. The number of aliphatic hydroxyl groups is 3. The molecular formula is C57H89N7O16. The summed E-state index contributed by atoms with van der Waals surface area (Å²) in [6, 6.07) is -2.61. The van der Waals surface area contributed by atoms with E-state index in [1.54, 1.807) is 34.6 Å². The number of aliphatic imine (C=N–C) groups is 2. The summed E-state index contributed by atoms with van der Waals surface area (Å²) in [5, 5.41) is 47.0. The molecule has 0 radical (unpaired) electrons. The van der Waals surface area contributed by atoms with Gasteiger partial charge in [0.1, 0.15) is 54.3 Å². The first-order valence-electron chi connectivity index (χ1n) is 26.9. The molecule has 10 atom stereocenters. The molecule has 448 valence electrons. The number of hydrogen-bond acceptors (Lipinski definition) is 17. The summed E-state index contributed by atoms with van der Waals surface area (Å²) < 4.78 is 26.9. The monoisotopic (exact) mass is 1130 g/mol. The molecule has 0 aromatic rings. The molecule has 0 bridgehead atoms. The van der Waals surface area contributed by atoms with Crippen LogP contribution in [-0.2, 0) is 52.5 Å². The minimum Gasteiger partial charge on any atom is -0.482 e. The summed E-state index contributed by atoms with van der Waals surface area (Å²) in [5.41, 5.74) is 10.3. The van der Waals surface area contributed by atoms with Crippen molar-refractivity contribution in [2.24, 2.45) is 33.3 Å². The van der Waals surface area contributed by atoms with Crippen molar-refractivity contribution in [1.29, 1.82) is 0 Å². The smallest absolute Gasteiger partial charge is 0.413 e. The van der Waals surface area contributed by atoms with Gasteiger partial charge in [0.05, 0.1) is 24.7 Å². The van der Waals surface area contributed by atoms with Gasteiger partial charge in [-0.05, 0) is 91.2 Å². The number of amidine groups is 1. The van der Waals surface area contributed by atoms with Gasteiger partial charge in [-0.15, -0.1) is 0 Å².